The van der Waals surface area contributed by atoms with Crippen molar-refractivity contribution in [2.75, 3.05) is 25.1 Å². The molecule has 1 rings (SSSR count). The van der Waals surface area contributed by atoms with E-state index < -0.39 is 6.10 Å². The lowest BCUT2D eigenvalue weighted by molar-refractivity contribution is 0.0496. The minimum atomic E-state index is -0.456. The highest BCUT2D eigenvalue weighted by atomic mass is 127. The molecule has 3 nitrogen and oxygen atoms in total. The molecule has 1 aromatic carbocycles. The summed E-state index contributed by atoms with van der Waals surface area (Å²) in [5, 5.41) is 12.7. The molecule has 0 fully saturated rings. The van der Waals surface area contributed by atoms with E-state index in [-0.39, 0.29) is 0 Å². The van der Waals surface area contributed by atoms with Crippen LogP contribution in [0.3, 0.4) is 0 Å². The highest BCUT2D eigenvalue weighted by molar-refractivity contribution is 14.1. The number of halogens is 1. The van der Waals surface area contributed by atoms with Gasteiger partial charge in [-0.1, -0.05) is 6.07 Å². The Bertz CT molecular complexity index is 294. The number of nitrogens with one attached hydrogen (secondary N) is 1. The van der Waals surface area contributed by atoms with Crippen LogP contribution in [0, 0.1) is 3.57 Å². The van der Waals surface area contributed by atoms with Gasteiger partial charge >= 0.3 is 0 Å². The quantitative estimate of drug-likeness (QED) is 0.789. The number of aliphatic hydroxyl groups is 1. The molecule has 1 aromatic rings. The van der Waals surface area contributed by atoms with Crippen LogP contribution in [0.15, 0.2) is 24.3 Å². The Morgan fingerprint density at radius 1 is 1.53 bits per heavy atom. The molecule has 0 amide bonds. The van der Waals surface area contributed by atoms with Crippen molar-refractivity contribution in [1.29, 1.82) is 0 Å². The number of benzene rings is 1. The van der Waals surface area contributed by atoms with E-state index in [2.05, 4.69) is 27.9 Å². The molecule has 0 radical (unpaired) electrons. The van der Waals surface area contributed by atoms with Crippen LogP contribution in [0.4, 0.5) is 5.69 Å². The number of rotatable bonds is 6. The van der Waals surface area contributed by atoms with E-state index in [0.717, 1.165) is 5.69 Å². The molecule has 2 N–H and O–H groups in total. The fourth-order valence-corrected chi connectivity index (χ4v) is 1.69. The summed E-state index contributed by atoms with van der Waals surface area (Å²) in [6.07, 6.45) is -0.456. The molecule has 0 heterocycles. The third-order valence-electron chi connectivity index (χ3n) is 1.88. The van der Waals surface area contributed by atoms with E-state index in [1.54, 1.807) is 0 Å². The van der Waals surface area contributed by atoms with Crippen molar-refractivity contribution in [3.05, 3.63) is 27.8 Å². The summed E-state index contributed by atoms with van der Waals surface area (Å²) in [5.74, 6) is 0. The van der Waals surface area contributed by atoms with E-state index in [9.17, 15) is 5.11 Å². The predicted octanol–water partition coefficient (Wildman–Crippen LogP) is 2.10. The van der Waals surface area contributed by atoms with Crippen molar-refractivity contribution in [2.24, 2.45) is 0 Å². The van der Waals surface area contributed by atoms with Gasteiger partial charge in [0.1, 0.15) is 0 Å². The van der Waals surface area contributed by atoms with Crippen LogP contribution in [0.1, 0.15) is 6.92 Å². The minimum Gasteiger partial charge on any atom is -0.389 e. The SMILES string of the molecule is CCOCC(O)CNc1cccc(I)c1. The average Bonchev–Trinajstić information content (AvgIpc) is 2.23. The fraction of sp³-hybridized carbons (Fsp3) is 0.455. The Kier molecular flexibility index (Phi) is 5.97. The molecule has 15 heavy (non-hydrogen) atoms. The lowest BCUT2D eigenvalue weighted by atomic mass is 10.3. The van der Waals surface area contributed by atoms with Crippen LogP contribution in [-0.2, 0) is 4.74 Å². The Hall–Kier alpha value is -0.330. The first-order chi connectivity index (χ1) is 7.22. The molecule has 0 aliphatic carbocycles. The van der Waals surface area contributed by atoms with Gasteiger partial charge in [-0.2, -0.15) is 0 Å². The molecular formula is C11H16INO2. The Morgan fingerprint density at radius 3 is 3.00 bits per heavy atom. The number of hydrogen-bond donors (Lipinski definition) is 2. The largest absolute Gasteiger partial charge is 0.389 e. The summed E-state index contributed by atoms with van der Waals surface area (Å²) < 4.78 is 6.29. The number of aliphatic hydroxyl groups excluding tert-OH is 1. The monoisotopic (exact) mass is 321 g/mol. The summed E-state index contributed by atoms with van der Waals surface area (Å²) >= 11 is 2.26. The zero-order valence-corrected chi connectivity index (χ0v) is 10.9. The van der Waals surface area contributed by atoms with E-state index in [0.29, 0.717) is 19.8 Å². The van der Waals surface area contributed by atoms with E-state index in [4.69, 9.17) is 4.74 Å². The Morgan fingerprint density at radius 2 is 2.33 bits per heavy atom. The maximum atomic E-state index is 9.52. The van der Waals surface area contributed by atoms with Gasteiger partial charge in [0.2, 0.25) is 0 Å². The highest BCUT2D eigenvalue weighted by Crippen LogP contribution is 2.12. The van der Waals surface area contributed by atoms with Gasteiger partial charge in [-0.15, -0.1) is 0 Å². The third kappa shape index (κ3) is 5.34. The maximum absolute atomic E-state index is 9.52. The van der Waals surface area contributed by atoms with Gasteiger partial charge < -0.3 is 15.2 Å². The first-order valence-corrected chi connectivity index (χ1v) is 6.05. The molecule has 1 atom stereocenters. The molecule has 1 unspecified atom stereocenters. The van der Waals surface area contributed by atoms with Crippen LogP contribution in [0.5, 0.6) is 0 Å². The third-order valence-corrected chi connectivity index (χ3v) is 2.55. The average molecular weight is 321 g/mol. The molecule has 0 aliphatic heterocycles. The summed E-state index contributed by atoms with van der Waals surface area (Å²) in [6.45, 7) is 3.45. The van der Waals surface area contributed by atoms with E-state index in [1.807, 2.05) is 31.2 Å². The lowest BCUT2D eigenvalue weighted by Crippen LogP contribution is -2.24. The minimum absolute atomic E-state index is 0.382. The van der Waals surface area contributed by atoms with Gasteiger partial charge in [0, 0.05) is 22.4 Å². The van der Waals surface area contributed by atoms with Gasteiger partial charge in [-0.25, -0.2) is 0 Å². The van der Waals surface area contributed by atoms with Crippen LogP contribution >= 0.6 is 22.6 Å². The maximum Gasteiger partial charge on any atom is 0.0945 e. The van der Waals surface area contributed by atoms with Gasteiger partial charge in [-0.05, 0) is 47.7 Å². The van der Waals surface area contributed by atoms with Crippen molar-refractivity contribution in [3.8, 4) is 0 Å². The smallest absolute Gasteiger partial charge is 0.0945 e. The molecule has 0 spiro atoms. The molecule has 4 heteroatoms. The predicted molar refractivity (Wildman–Crippen MR) is 70.1 cm³/mol. The zero-order valence-electron chi connectivity index (χ0n) is 8.74. The first-order valence-electron chi connectivity index (χ1n) is 4.97. The molecule has 0 saturated carbocycles. The Balaban J connectivity index is 2.30. The topological polar surface area (TPSA) is 41.5 Å². The first kappa shape index (κ1) is 12.7. The number of anilines is 1. The molecular weight excluding hydrogens is 305 g/mol. The molecule has 84 valence electrons. The molecule has 0 saturated heterocycles. The van der Waals surface area contributed by atoms with Crippen LogP contribution < -0.4 is 5.32 Å². The van der Waals surface area contributed by atoms with Gasteiger partial charge in [0.15, 0.2) is 0 Å². The summed E-state index contributed by atoms with van der Waals surface area (Å²) in [7, 11) is 0. The summed E-state index contributed by atoms with van der Waals surface area (Å²) in [4.78, 5) is 0. The summed E-state index contributed by atoms with van der Waals surface area (Å²) in [6, 6.07) is 8.03. The second-order valence-corrected chi connectivity index (χ2v) is 4.45. The van der Waals surface area contributed by atoms with Crippen LogP contribution in [0.25, 0.3) is 0 Å². The fourth-order valence-electron chi connectivity index (χ4n) is 1.15. The van der Waals surface area contributed by atoms with Crippen molar-refractivity contribution in [1.82, 2.24) is 0 Å². The second-order valence-electron chi connectivity index (χ2n) is 3.20. The van der Waals surface area contributed by atoms with Gasteiger partial charge in [0.25, 0.3) is 0 Å². The molecule has 0 bridgehead atoms. The van der Waals surface area contributed by atoms with Crippen molar-refractivity contribution < 1.29 is 9.84 Å². The lowest BCUT2D eigenvalue weighted by Gasteiger charge is -2.12. The summed E-state index contributed by atoms with van der Waals surface area (Å²) in [5.41, 5.74) is 1.03. The molecule has 0 aromatic heterocycles. The highest BCUT2D eigenvalue weighted by Gasteiger charge is 2.03. The van der Waals surface area contributed by atoms with Gasteiger partial charge in [0.05, 0.1) is 12.7 Å². The number of hydrogen-bond acceptors (Lipinski definition) is 3. The van der Waals surface area contributed by atoms with Crippen molar-refractivity contribution >= 4 is 28.3 Å². The Labute approximate surface area is 104 Å². The second kappa shape index (κ2) is 7.03. The van der Waals surface area contributed by atoms with Gasteiger partial charge in [-0.3, -0.25) is 0 Å². The number of ether oxygens (including phenoxy) is 1. The zero-order chi connectivity index (χ0) is 11.1. The van der Waals surface area contributed by atoms with Crippen molar-refractivity contribution in [3.63, 3.8) is 0 Å². The van der Waals surface area contributed by atoms with E-state index >= 15 is 0 Å². The van der Waals surface area contributed by atoms with Crippen molar-refractivity contribution in [2.45, 2.75) is 13.0 Å². The standard InChI is InChI=1S/C11H16INO2/c1-2-15-8-11(14)7-13-10-5-3-4-9(12)6-10/h3-6,11,13-14H,2,7-8H2,1H3. The normalized spacial score (nSPS) is 12.5. The van der Waals surface area contributed by atoms with E-state index in [1.165, 1.54) is 3.57 Å². The van der Waals surface area contributed by atoms with Crippen LogP contribution in [-0.4, -0.2) is 31.0 Å². The molecule has 0 aliphatic rings. The van der Waals surface area contributed by atoms with Crippen LogP contribution in [0.2, 0.25) is 0 Å².